The molecule has 0 fully saturated rings. The molecule has 1 N–H and O–H groups in total. The van der Waals surface area contributed by atoms with Crippen LogP contribution in [-0.2, 0) is 4.79 Å². The first-order chi connectivity index (χ1) is 11.0. The number of hydrogen-bond donors (Lipinski definition) is 1. The van der Waals surface area contributed by atoms with Gasteiger partial charge in [-0.1, -0.05) is 17.7 Å². The SMILES string of the molecule is COc1ccc(NC(=O)COc2ccc(C)cc2OC)c(Cl)c1. The lowest BCUT2D eigenvalue weighted by Crippen LogP contribution is -2.20. The fourth-order valence-electron chi connectivity index (χ4n) is 1.95. The van der Waals surface area contributed by atoms with E-state index in [1.807, 2.05) is 19.1 Å². The van der Waals surface area contributed by atoms with Crippen LogP contribution in [0, 0.1) is 6.92 Å². The van der Waals surface area contributed by atoms with Crippen LogP contribution in [0.15, 0.2) is 36.4 Å². The van der Waals surface area contributed by atoms with Crippen molar-refractivity contribution in [2.75, 3.05) is 26.1 Å². The number of halogens is 1. The summed E-state index contributed by atoms with van der Waals surface area (Å²) in [6, 6.07) is 10.5. The highest BCUT2D eigenvalue weighted by Crippen LogP contribution is 2.28. The Morgan fingerprint density at radius 1 is 1.09 bits per heavy atom. The second-order valence-electron chi connectivity index (χ2n) is 4.84. The van der Waals surface area contributed by atoms with Crippen LogP contribution in [-0.4, -0.2) is 26.7 Å². The highest BCUT2D eigenvalue weighted by Gasteiger charge is 2.10. The van der Waals surface area contributed by atoms with Crippen molar-refractivity contribution in [3.8, 4) is 17.2 Å². The maximum atomic E-state index is 12.0. The van der Waals surface area contributed by atoms with Crippen LogP contribution in [0.4, 0.5) is 5.69 Å². The molecule has 122 valence electrons. The number of nitrogens with one attached hydrogen (secondary N) is 1. The van der Waals surface area contributed by atoms with Crippen LogP contribution >= 0.6 is 11.6 Å². The van der Waals surface area contributed by atoms with Gasteiger partial charge in [0.05, 0.1) is 24.9 Å². The molecule has 0 aromatic heterocycles. The summed E-state index contributed by atoms with van der Waals surface area (Å²) >= 11 is 6.08. The summed E-state index contributed by atoms with van der Waals surface area (Å²) in [5, 5.41) is 3.08. The third-order valence-electron chi connectivity index (χ3n) is 3.13. The van der Waals surface area contributed by atoms with Gasteiger partial charge in [0.25, 0.3) is 5.91 Å². The van der Waals surface area contributed by atoms with E-state index in [-0.39, 0.29) is 12.5 Å². The van der Waals surface area contributed by atoms with Crippen molar-refractivity contribution in [2.24, 2.45) is 0 Å². The first-order valence-corrected chi connectivity index (χ1v) is 7.32. The van der Waals surface area contributed by atoms with Crippen LogP contribution in [0.5, 0.6) is 17.2 Å². The Hall–Kier alpha value is -2.40. The van der Waals surface area contributed by atoms with E-state index in [4.69, 9.17) is 25.8 Å². The zero-order chi connectivity index (χ0) is 16.8. The standard InChI is InChI=1S/C17H18ClNO4/c1-11-4-7-15(16(8-11)22-3)23-10-17(20)19-14-6-5-12(21-2)9-13(14)18/h4-9H,10H2,1-3H3,(H,19,20). The second-order valence-corrected chi connectivity index (χ2v) is 5.24. The predicted octanol–water partition coefficient (Wildman–Crippen LogP) is 3.68. The summed E-state index contributed by atoms with van der Waals surface area (Å²) in [5.41, 5.74) is 1.54. The Kier molecular flexibility index (Phi) is 5.71. The van der Waals surface area contributed by atoms with Crippen LogP contribution in [0.3, 0.4) is 0 Å². The van der Waals surface area contributed by atoms with Gasteiger partial charge in [-0.15, -0.1) is 0 Å². The smallest absolute Gasteiger partial charge is 0.262 e. The van der Waals surface area contributed by atoms with E-state index in [9.17, 15) is 4.79 Å². The van der Waals surface area contributed by atoms with E-state index in [0.717, 1.165) is 5.56 Å². The highest BCUT2D eigenvalue weighted by molar-refractivity contribution is 6.33. The molecule has 0 aliphatic heterocycles. The molecule has 0 spiro atoms. The summed E-state index contributed by atoms with van der Waals surface area (Å²) in [4.78, 5) is 12.0. The summed E-state index contributed by atoms with van der Waals surface area (Å²) in [6.07, 6.45) is 0. The third kappa shape index (κ3) is 4.53. The molecule has 6 heteroatoms. The Morgan fingerprint density at radius 3 is 2.52 bits per heavy atom. The molecule has 0 saturated heterocycles. The average Bonchev–Trinajstić information content (AvgIpc) is 2.55. The van der Waals surface area contributed by atoms with E-state index in [1.165, 1.54) is 0 Å². The lowest BCUT2D eigenvalue weighted by Gasteiger charge is -2.12. The summed E-state index contributed by atoms with van der Waals surface area (Å²) in [7, 11) is 3.10. The molecule has 0 aliphatic rings. The number of aryl methyl sites for hydroxylation is 1. The van der Waals surface area contributed by atoms with Gasteiger partial charge in [-0.05, 0) is 36.8 Å². The minimum Gasteiger partial charge on any atom is -0.497 e. The minimum atomic E-state index is -0.320. The Bertz CT molecular complexity index is 703. The fourth-order valence-corrected chi connectivity index (χ4v) is 2.17. The molecule has 23 heavy (non-hydrogen) atoms. The number of hydrogen-bond acceptors (Lipinski definition) is 4. The van der Waals surface area contributed by atoms with Gasteiger partial charge in [0.1, 0.15) is 5.75 Å². The van der Waals surface area contributed by atoms with Crippen molar-refractivity contribution in [1.82, 2.24) is 0 Å². The molecule has 0 saturated carbocycles. The van der Waals surface area contributed by atoms with Gasteiger partial charge in [-0.2, -0.15) is 0 Å². The molecule has 0 unspecified atom stereocenters. The first kappa shape index (κ1) is 17.0. The Labute approximate surface area is 140 Å². The lowest BCUT2D eigenvalue weighted by molar-refractivity contribution is -0.118. The number of amides is 1. The summed E-state index contributed by atoms with van der Waals surface area (Å²) < 4.78 is 15.8. The van der Waals surface area contributed by atoms with Crippen LogP contribution in [0.1, 0.15) is 5.56 Å². The molecule has 2 aromatic carbocycles. The van der Waals surface area contributed by atoms with Crippen molar-refractivity contribution in [3.05, 3.63) is 47.0 Å². The van der Waals surface area contributed by atoms with E-state index >= 15 is 0 Å². The van der Waals surface area contributed by atoms with Crippen molar-refractivity contribution in [1.29, 1.82) is 0 Å². The molecule has 5 nitrogen and oxygen atoms in total. The summed E-state index contributed by atoms with van der Waals surface area (Å²) in [5.74, 6) is 1.39. The van der Waals surface area contributed by atoms with Gasteiger partial charge < -0.3 is 19.5 Å². The maximum Gasteiger partial charge on any atom is 0.262 e. The van der Waals surface area contributed by atoms with Crippen molar-refractivity contribution < 1.29 is 19.0 Å². The van der Waals surface area contributed by atoms with Gasteiger partial charge in [0.15, 0.2) is 18.1 Å². The van der Waals surface area contributed by atoms with Crippen LogP contribution in [0.2, 0.25) is 5.02 Å². The molecule has 0 radical (unpaired) electrons. The van der Waals surface area contributed by atoms with E-state index in [0.29, 0.717) is 28.0 Å². The molecule has 0 atom stereocenters. The van der Waals surface area contributed by atoms with E-state index < -0.39 is 0 Å². The Morgan fingerprint density at radius 2 is 1.87 bits per heavy atom. The molecule has 2 rings (SSSR count). The number of carbonyl (C=O) groups excluding carboxylic acids is 1. The molecule has 2 aromatic rings. The van der Waals surface area contributed by atoms with Crippen molar-refractivity contribution in [2.45, 2.75) is 6.92 Å². The molecule has 0 aliphatic carbocycles. The van der Waals surface area contributed by atoms with Crippen LogP contribution < -0.4 is 19.5 Å². The largest absolute Gasteiger partial charge is 0.497 e. The zero-order valence-electron chi connectivity index (χ0n) is 13.2. The molecule has 0 bridgehead atoms. The van der Waals surface area contributed by atoms with Gasteiger partial charge >= 0.3 is 0 Å². The van der Waals surface area contributed by atoms with Gasteiger partial charge in [-0.25, -0.2) is 0 Å². The number of ether oxygens (including phenoxy) is 3. The van der Waals surface area contributed by atoms with Gasteiger partial charge in [0, 0.05) is 6.07 Å². The monoisotopic (exact) mass is 335 g/mol. The average molecular weight is 336 g/mol. The van der Waals surface area contributed by atoms with Crippen molar-refractivity contribution in [3.63, 3.8) is 0 Å². The normalized spacial score (nSPS) is 10.1. The summed E-state index contributed by atoms with van der Waals surface area (Å²) in [6.45, 7) is 1.80. The molecular weight excluding hydrogens is 318 g/mol. The Balaban J connectivity index is 1.98. The van der Waals surface area contributed by atoms with Crippen molar-refractivity contribution >= 4 is 23.2 Å². The quantitative estimate of drug-likeness (QED) is 0.874. The third-order valence-corrected chi connectivity index (χ3v) is 3.44. The van der Waals surface area contributed by atoms with E-state index in [2.05, 4.69) is 5.32 Å². The fraction of sp³-hybridized carbons (Fsp3) is 0.235. The molecule has 0 heterocycles. The number of benzene rings is 2. The van der Waals surface area contributed by atoms with Crippen LogP contribution in [0.25, 0.3) is 0 Å². The van der Waals surface area contributed by atoms with E-state index in [1.54, 1.807) is 38.5 Å². The number of methoxy groups -OCH3 is 2. The predicted molar refractivity (Wildman–Crippen MR) is 89.9 cm³/mol. The lowest BCUT2D eigenvalue weighted by atomic mass is 10.2. The molecular formula is C17H18ClNO4. The first-order valence-electron chi connectivity index (χ1n) is 6.94. The topological polar surface area (TPSA) is 56.8 Å². The number of carbonyl (C=O) groups is 1. The number of anilines is 1. The second kappa shape index (κ2) is 7.74. The zero-order valence-corrected chi connectivity index (χ0v) is 13.9. The van der Waals surface area contributed by atoms with Gasteiger partial charge in [0.2, 0.25) is 0 Å². The maximum absolute atomic E-state index is 12.0. The van der Waals surface area contributed by atoms with Gasteiger partial charge in [-0.3, -0.25) is 4.79 Å². The number of rotatable bonds is 6. The molecule has 1 amide bonds. The minimum absolute atomic E-state index is 0.151. The highest BCUT2D eigenvalue weighted by atomic mass is 35.5.